The number of hydrogen-bond acceptors (Lipinski definition) is 6. The van der Waals surface area contributed by atoms with Crippen LogP contribution in [0.1, 0.15) is 18.6 Å². The third-order valence-electron chi connectivity index (χ3n) is 3.77. The lowest BCUT2D eigenvalue weighted by atomic mass is 9.98. The third kappa shape index (κ3) is 2.53. The van der Waals surface area contributed by atoms with E-state index in [0.717, 1.165) is 42.7 Å². The minimum Gasteiger partial charge on any atom is -0.361 e. The van der Waals surface area contributed by atoms with Crippen molar-refractivity contribution in [3.63, 3.8) is 0 Å². The van der Waals surface area contributed by atoms with Gasteiger partial charge in [-0.2, -0.15) is 4.98 Å². The number of aromatic amines is 1. The SMILES string of the molecule is CNCC1CCCN(c2n[nH]c(-c3cnoc3C)n2)C1. The highest BCUT2D eigenvalue weighted by Gasteiger charge is 2.23. The number of aromatic nitrogens is 4. The van der Waals surface area contributed by atoms with Gasteiger partial charge in [0.05, 0.1) is 11.8 Å². The van der Waals surface area contributed by atoms with Crippen LogP contribution >= 0.6 is 0 Å². The van der Waals surface area contributed by atoms with Gasteiger partial charge in [-0.25, -0.2) is 0 Å². The molecule has 1 aliphatic rings. The van der Waals surface area contributed by atoms with Gasteiger partial charge in [0.15, 0.2) is 5.82 Å². The largest absolute Gasteiger partial charge is 0.361 e. The Morgan fingerprint density at radius 2 is 2.45 bits per heavy atom. The molecule has 7 heteroatoms. The Morgan fingerprint density at radius 1 is 1.55 bits per heavy atom. The average Bonchev–Trinajstić information content (AvgIpc) is 3.08. The van der Waals surface area contributed by atoms with Crippen LogP contribution in [0.2, 0.25) is 0 Å². The first kappa shape index (κ1) is 13.1. The molecule has 1 unspecified atom stereocenters. The number of hydrogen-bond donors (Lipinski definition) is 2. The van der Waals surface area contributed by atoms with Crippen molar-refractivity contribution in [2.75, 3.05) is 31.6 Å². The first-order valence-electron chi connectivity index (χ1n) is 7.01. The van der Waals surface area contributed by atoms with Gasteiger partial charge in [0.1, 0.15) is 5.76 Å². The monoisotopic (exact) mass is 276 g/mol. The van der Waals surface area contributed by atoms with Crippen molar-refractivity contribution in [2.45, 2.75) is 19.8 Å². The summed E-state index contributed by atoms with van der Waals surface area (Å²) in [6.07, 6.45) is 4.11. The molecule has 2 aromatic heterocycles. The van der Waals surface area contributed by atoms with Crippen LogP contribution in [0.3, 0.4) is 0 Å². The molecule has 0 saturated carbocycles. The van der Waals surface area contributed by atoms with E-state index in [-0.39, 0.29) is 0 Å². The van der Waals surface area contributed by atoms with Crippen molar-refractivity contribution in [1.82, 2.24) is 25.7 Å². The third-order valence-corrected chi connectivity index (χ3v) is 3.77. The molecular weight excluding hydrogens is 256 g/mol. The predicted octanol–water partition coefficient (Wildman–Crippen LogP) is 1.20. The highest BCUT2D eigenvalue weighted by molar-refractivity contribution is 5.57. The highest BCUT2D eigenvalue weighted by atomic mass is 16.5. The zero-order valence-corrected chi connectivity index (χ0v) is 11.9. The number of piperidine rings is 1. The second kappa shape index (κ2) is 5.62. The summed E-state index contributed by atoms with van der Waals surface area (Å²) in [5, 5.41) is 14.3. The summed E-state index contributed by atoms with van der Waals surface area (Å²) in [5.74, 6) is 2.89. The number of anilines is 1. The molecule has 0 amide bonds. The molecule has 108 valence electrons. The van der Waals surface area contributed by atoms with Crippen LogP contribution in [0.4, 0.5) is 5.95 Å². The van der Waals surface area contributed by atoms with Gasteiger partial charge in [-0.15, -0.1) is 5.10 Å². The standard InChI is InChI=1S/C13H20N6O/c1-9-11(7-15-20-9)12-16-13(18-17-12)19-5-3-4-10(8-19)6-14-2/h7,10,14H,3-6,8H2,1-2H3,(H,16,17,18). The molecule has 2 N–H and O–H groups in total. The van der Waals surface area contributed by atoms with E-state index in [1.54, 1.807) is 6.20 Å². The number of nitrogens with zero attached hydrogens (tertiary/aromatic N) is 4. The summed E-state index contributed by atoms with van der Waals surface area (Å²) in [6, 6.07) is 0. The topological polar surface area (TPSA) is 82.9 Å². The molecule has 0 aliphatic carbocycles. The molecular formula is C13H20N6O. The normalized spacial score (nSPS) is 19.5. The zero-order valence-electron chi connectivity index (χ0n) is 11.9. The van der Waals surface area contributed by atoms with Crippen LogP contribution in [-0.2, 0) is 0 Å². The van der Waals surface area contributed by atoms with Gasteiger partial charge < -0.3 is 14.7 Å². The van der Waals surface area contributed by atoms with Crippen LogP contribution in [0.25, 0.3) is 11.4 Å². The van der Waals surface area contributed by atoms with Crippen molar-refractivity contribution in [3.8, 4) is 11.4 Å². The fourth-order valence-corrected chi connectivity index (χ4v) is 2.74. The summed E-state index contributed by atoms with van der Waals surface area (Å²) in [5.41, 5.74) is 0.868. The smallest absolute Gasteiger partial charge is 0.245 e. The maximum Gasteiger partial charge on any atom is 0.245 e. The molecule has 20 heavy (non-hydrogen) atoms. The molecule has 1 saturated heterocycles. The van der Waals surface area contributed by atoms with E-state index < -0.39 is 0 Å². The highest BCUT2D eigenvalue weighted by Crippen LogP contribution is 2.24. The Morgan fingerprint density at radius 3 is 3.20 bits per heavy atom. The quantitative estimate of drug-likeness (QED) is 0.873. The summed E-state index contributed by atoms with van der Waals surface area (Å²) < 4.78 is 5.06. The second-order valence-corrected chi connectivity index (χ2v) is 5.29. The molecule has 1 fully saturated rings. The van der Waals surface area contributed by atoms with Gasteiger partial charge in [-0.1, -0.05) is 5.16 Å². The summed E-state index contributed by atoms with van der Waals surface area (Å²) in [7, 11) is 2.00. The van der Waals surface area contributed by atoms with E-state index in [2.05, 4.69) is 30.6 Å². The lowest BCUT2D eigenvalue weighted by Crippen LogP contribution is -2.39. The fraction of sp³-hybridized carbons (Fsp3) is 0.615. The lowest BCUT2D eigenvalue weighted by Gasteiger charge is -2.31. The molecule has 1 aliphatic heterocycles. The first-order valence-corrected chi connectivity index (χ1v) is 7.01. The molecule has 2 aromatic rings. The predicted molar refractivity (Wildman–Crippen MR) is 75.5 cm³/mol. The number of aryl methyl sites for hydroxylation is 1. The van der Waals surface area contributed by atoms with Gasteiger partial charge >= 0.3 is 0 Å². The Hall–Kier alpha value is -1.89. The molecule has 0 aromatic carbocycles. The maximum atomic E-state index is 5.06. The van der Waals surface area contributed by atoms with Crippen molar-refractivity contribution in [3.05, 3.63) is 12.0 Å². The fourth-order valence-electron chi connectivity index (χ4n) is 2.74. The minimum atomic E-state index is 0.660. The number of rotatable bonds is 4. The van der Waals surface area contributed by atoms with Gasteiger partial charge in [0, 0.05) is 13.1 Å². The molecule has 3 heterocycles. The lowest BCUT2D eigenvalue weighted by molar-refractivity contribution is 0.398. The Kier molecular flexibility index (Phi) is 3.68. The van der Waals surface area contributed by atoms with Crippen LogP contribution in [0, 0.1) is 12.8 Å². The van der Waals surface area contributed by atoms with Crippen LogP contribution < -0.4 is 10.2 Å². The van der Waals surface area contributed by atoms with Crippen molar-refractivity contribution in [2.24, 2.45) is 5.92 Å². The zero-order chi connectivity index (χ0) is 13.9. The van der Waals surface area contributed by atoms with E-state index in [4.69, 9.17) is 4.52 Å². The van der Waals surface area contributed by atoms with Gasteiger partial charge in [0.2, 0.25) is 5.95 Å². The Labute approximate surface area is 117 Å². The molecule has 1 atom stereocenters. The van der Waals surface area contributed by atoms with E-state index in [9.17, 15) is 0 Å². The van der Waals surface area contributed by atoms with E-state index in [0.29, 0.717) is 5.92 Å². The minimum absolute atomic E-state index is 0.660. The summed E-state index contributed by atoms with van der Waals surface area (Å²) in [4.78, 5) is 6.82. The average molecular weight is 276 g/mol. The Balaban J connectivity index is 1.75. The number of nitrogens with one attached hydrogen (secondary N) is 2. The summed E-state index contributed by atoms with van der Waals surface area (Å²) in [6.45, 7) is 4.92. The second-order valence-electron chi connectivity index (χ2n) is 5.29. The van der Waals surface area contributed by atoms with E-state index >= 15 is 0 Å². The van der Waals surface area contributed by atoms with Crippen molar-refractivity contribution >= 4 is 5.95 Å². The van der Waals surface area contributed by atoms with Gasteiger partial charge in [0.25, 0.3) is 0 Å². The number of H-pyrrole nitrogens is 1. The Bertz CT molecular complexity index is 561. The maximum absolute atomic E-state index is 5.06. The van der Waals surface area contributed by atoms with Crippen LogP contribution in [0.15, 0.2) is 10.7 Å². The van der Waals surface area contributed by atoms with E-state index in [1.807, 2.05) is 14.0 Å². The van der Waals surface area contributed by atoms with Gasteiger partial charge in [-0.05, 0) is 39.3 Å². The molecule has 0 radical (unpaired) electrons. The van der Waals surface area contributed by atoms with Crippen molar-refractivity contribution in [1.29, 1.82) is 0 Å². The summed E-state index contributed by atoms with van der Waals surface area (Å²) >= 11 is 0. The van der Waals surface area contributed by atoms with Crippen LogP contribution in [-0.4, -0.2) is 47.0 Å². The molecule has 0 bridgehead atoms. The van der Waals surface area contributed by atoms with Crippen molar-refractivity contribution < 1.29 is 4.52 Å². The van der Waals surface area contributed by atoms with Crippen LogP contribution in [0.5, 0.6) is 0 Å². The van der Waals surface area contributed by atoms with E-state index in [1.165, 1.54) is 12.8 Å². The first-order chi connectivity index (χ1) is 9.78. The van der Waals surface area contributed by atoms with Gasteiger partial charge in [-0.3, -0.25) is 5.10 Å². The molecule has 3 rings (SSSR count). The molecule has 7 nitrogen and oxygen atoms in total. The molecule has 0 spiro atoms.